The number of nitrogens with one attached hydrogen (secondary N) is 1. The van der Waals surface area contributed by atoms with Gasteiger partial charge in [-0.3, -0.25) is 10.1 Å². The lowest BCUT2D eigenvalue weighted by molar-refractivity contribution is -0.118. The van der Waals surface area contributed by atoms with E-state index >= 15 is 0 Å². The molecule has 1 aromatic rings. The molecule has 0 aromatic heterocycles. The van der Waals surface area contributed by atoms with E-state index < -0.39 is 12.0 Å². The van der Waals surface area contributed by atoms with Gasteiger partial charge in [0.25, 0.3) is 0 Å². The van der Waals surface area contributed by atoms with E-state index in [-0.39, 0.29) is 18.8 Å². The third kappa shape index (κ3) is 4.44. The normalized spacial score (nSPS) is 10.0. The highest BCUT2D eigenvalue weighted by atomic mass is 79.9. The van der Waals surface area contributed by atoms with Crippen molar-refractivity contribution in [3.05, 3.63) is 33.5 Å². The number of benzene rings is 1. The van der Waals surface area contributed by atoms with Gasteiger partial charge in [-0.2, -0.15) is 0 Å². The number of rotatable bonds is 3. The maximum absolute atomic E-state index is 13.5. The minimum absolute atomic E-state index is 0.0110. The fourth-order valence-corrected chi connectivity index (χ4v) is 1.66. The Labute approximate surface area is 113 Å². The summed E-state index contributed by atoms with van der Waals surface area (Å²) in [6, 6.07) is 3.06. The van der Waals surface area contributed by atoms with E-state index in [0.29, 0.717) is 10.0 Å². The molecule has 98 valence electrons. The first-order chi connectivity index (χ1) is 8.40. The minimum atomic E-state index is -0.822. The van der Waals surface area contributed by atoms with Crippen LogP contribution in [-0.4, -0.2) is 18.6 Å². The number of carbonyl (C=O) groups is 2. The van der Waals surface area contributed by atoms with Crippen LogP contribution in [0.3, 0.4) is 0 Å². The zero-order valence-electron chi connectivity index (χ0n) is 10.0. The van der Waals surface area contributed by atoms with Gasteiger partial charge in [-0.1, -0.05) is 22.0 Å². The summed E-state index contributed by atoms with van der Waals surface area (Å²) in [5, 5.41) is 1.96. The van der Waals surface area contributed by atoms with E-state index in [4.69, 9.17) is 4.74 Å². The van der Waals surface area contributed by atoms with Crippen LogP contribution in [0.4, 0.5) is 9.18 Å². The van der Waals surface area contributed by atoms with Gasteiger partial charge in [0.2, 0.25) is 5.91 Å². The molecule has 0 aliphatic heterocycles. The van der Waals surface area contributed by atoms with Crippen LogP contribution in [-0.2, 0) is 16.0 Å². The minimum Gasteiger partial charge on any atom is -0.449 e. The van der Waals surface area contributed by atoms with Gasteiger partial charge < -0.3 is 4.74 Å². The van der Waals surface area contributed by atoms with Gasteiger partial charge in [0, 0.05) is 17.8 Å². The summed E-state index contributed by atoms with van der Waals surface area (Å²) in [5.41, 5.74) is 1.37. The van der Waals surface area contributed by atoms with Crippen molar-refractivity contribution in [1.29, 1.82) is 0 Å². The van der Waals surface area contributed by atoms with Crippen LogP contribution >= 0.6 is 15.9 Å². The van der Waals surface area contributed by atoms with Crippen molar-refractivity contribution in [2.75, 3.05) is 6.61 Å². The molecule has 1 N–H and O–H groups in total. The van der Waals surface area contributed by atoms with Crippen LogP contribution in [0.15, 0.2) is 16.6 Å². The van der Waals surface area contributed by atoms with Crippen molar-refractivity contribution in [3.8, 4) is 0 Å². The van der Waals surface area contributed by atoms with E-state index in [2.05, 4.69) is 15.9 Å². The van der Waals surface area contributed by atoms with E-state index in [1.807, 2.05) is 12.2 Å². The summed E-state index contributed by atoms with van der Waals surface area (Å²) < 4.78 is 19.0. The summed E-state index contributed by atoms with van der Waals surface area (Å²) in [5.74, 6) is -0.853. The van der Waals surface area contributed by atoms with E-state index in [1.165, 1.54) is 13.0 Å². The first-order valence-corrected chi connectivity index (χ1v) is 6.08. The largest absolute Gasteiger partial charge is 0.449 e. The molecule has 0 unspecified atom stereocenters. The zero-order chi connectivity index (χ0) is 13.7. The van der Waals surface area contributed by atoms with Crippen molar-refractivity contribution in [1.82, 2.24) is 5.32 Å². The zero-order valence-corrected chi connectivity index (χ0v) is 11.6. The Kier molecular flexibility index (Phi) is 5.27. The molecule has 18 heavy (non-hydrogen) atoms. The number of aryl methyl sites for hydroxylation is 1. The van der Waals surface area contributed by atoms with E-state index in [9.17, 15) is 14.0 Å². The molecule has 0 radical (unpaired) electrons. The number of imide groups is 1. The van der Waals surface area contributed by atoms with Crippen molar-refractivity contribution in [2.24, 2.45) is 0 Å². The Morgan fingerprint density at radius 2 is 2.11 bits per heavy atom. The van der Waals surface area contributed by atoms with Gasteiger partial charge in [0.05, 0.1) is 6.61 Å². The number of hydrogen-bond donors (Lipinski definition) is 1. The summed E-state index contributed by atoms with van der Waals surface area (Å²) in [7, 11) is 0. The number of hydrogen-bond acceptors (Lipinski definition) is 3. The average Bonchev–Trinajstić information content (AvgIpc) is 2.24. The maximum atomic E-state index is 13.5. The Bertz CT molecular complexity index is 477. The van der Waals surface area contributed by atoms with E-state index in [1.54, 1.807) is 6.07 Å². The van der Waals surface area contributed by atoms with Crippen molar-refractivity contribution < 1.29 is 18.7 Å². The monoisotopic (exact) mass is 317 g/mol. The fourth-order valence-electron chi connectivity index (χ4n) is 1.34. The lowest BCUT2D eigenvalue weighted by Gasteiger charge is -2.07. The van der Waals surface area contributed by atoms with Crippen LogP contribution in [0, 0.1) is 12.7 Å². The van der Waals surface area contributed by atoms with Gasteiger partial charge in [-0.15, -0.1) is 0 Å². The summed E-state index contributed by atoms with van der Waals surface area (Å²) in [4.78, 5) is 21.5. The van der Waals surface area contributed by atoms with Crippen LogP contribution in [0.1, 0.15) is 18.1 Å². The second-order valence-corrected chi connectivity index (χ2v) is 4.61. The van der Waals surface area contributed by atoms with E-state index in [0.717, 1.165) is 5.56 Å². The molecule has 0 fully saturated rings. The van der Waals surface area contributed by atoms with Gasteiger partial charge >= 0.3 is 6.09 Å². The maximum Gasteiger partial charge on any atom is 0.413 e. The van der Waals surface area contributed by atoms with Crippen molar-refractivity contribution in [3.63, 3.8) is 0 Å². The van der Waals surface area contributed by atoms with Crippen molar-refractivity contribution in [2.45, 2.75) is 20.3 Å². The molecule has 4 nitrogen and oxygen atoms in total. The Morgan fingerprint density at radius 3 is 2.72 bits per heavy atom. The summed E-state index contributed by atoms with van der Waals surface area (Å²) in [6.45, 7) is 3.06. The Morgan fingerprint density at radius 1 is 1.44 bits per heavy atom. The molecular weight excluding hydrogens is 305 g/mol. The van der Waals surface area contributed by atoms with Crippen LogP contribution in [0.2, 0.25) is 0 Å². The summed E-state index contributed by atoms with van der Waals surface area (Å²) >= 11 is 3.23. The van der Waals surface area contributed by atoms with Crippen LogP contribution < -0.4 is 5.32 Å². The first kappa shape index (κ1) is 14.6. The molecule has 0 saturated carbocycles. The predicted molar refractivity (Wildman–Crippen MR) is 67.7 cm³/mol. The fraction of sp³-hybridized carbons (Fsp3) is 0.333. The molecule has 0 aliphatic rings. The Hall–Kier alpha value is -1.43. The van der Waals surface area contributed by atoms with Gasteiger partial charge in [-0.25, -0.2) is 9.18 Å². The van der Waals surface area contributed by atoms with Crippen LogP contribution in [0.25, 0.3) is 0 Å². The highest BCUT2D eigenvalue weighted by Gasteiger charge is 2.08. The van der Waals surface area contributed by atoms with Crippen molar-refractivity contribution >= 4 is 27.9 Å². The predicted octanol–water partition coefficient (Wildman–Crippen LogP) is 2.71. The van der Waals surface area contributed by atoms with Gasteiger partial charge in [-0.05, 0) is 24.1 Å². The second kappa shape index (κ2) is 6.49. The summed E-state index contributed by atoms with van der Waals surface area (Å²) in [6.07, 6.45) is -0.567. The molecule has 2 amide bonds. The Balaban J connectivity index is 2.52. The molecule has 6 heteroatoms. The molecule has 0 spiro atoms. The standard InChI is InChI=1S/C12H13BrFNO3/c1-7-5-9(11(14)6-10(7)13)3-4-18-12(17)15-8(2)16/h5-6H,3-4H2,1-2H3,(H,15,16,17). The smallest absolute Gasteiger partial charge is 0.413 e. The first-order valence-electron chi connectivity index (χ1n) is 5.29. The molecule has 0 saturated heterocycles. The van der Waals surface area contributed by atoms with Gasteiger partial charge in [0.15, 0.2) is 0 Å². The topological polar surface area (TPSA) is 55.4 Å². The lowest BCUT2D eigenvalue weighted by Crippen LogP contribution is -2.29. The highest BCUT2D eigenvalue weighted by molar-refractivity contribution is 9.10. The number of halogens is 2. The van der Waals surface area contributed by atoms with Crippen LogP contribution in [0.5, 0.6) is 0 Å². The molecule has 0 aliphatic carbocycles. The highest BCUT2D eigenvalue weighted by Crippen LogP contribution is 2.20. The second-order valence-electron chi connectivity index (χ2n) is 3.76. The number of ether oxygens (including phenoxy) is 1. The SMILES string of the molecule is CC(=O)NC(=O)OCCc1cc(C)c(Br)cc1F. The molecule has 0 bridgehead atoms. The third-order valence-corrected chi connectivity index (χ3v) is 3.06. The molecule has 1 rings (SSSR count). The molecule has 0 heterocycles. The molecule has 1 aromatic carbocycles. The number of alkyl carbamates (subject to hydrolysis) is 1. The number of carbonyl (C=O) groups excluding carboxylic acids is 2. The lowest BCUT2D eigenvalue weighted by atomic mass is 10.1. The third-order valence-electron chi connectivity index (χ3n) is 2.21. The molecule has 0 atom stereocenters. The van der Waals surface area contributed by atoms with Gasteiger partial charge in [0.1, 0.15) is 5.82 Å². The molecular formula is C12H13BrFNO3. The quantitative estimate of drug-likeness (QED) is 0.932. The number of amides is 2. The average molecular weight is 318 g/mol.